The summed E-state index contributed by atoms with van der Waals surface area (Å²) in [5.41, 5.74) is 0. The van der Waals surface area contributed by atoms with E-state index in [1.165, 1.54) is 51.4 Å². The predicted molar refractivity (Wildman–Crippen MR) is 68.5 cm³/mol. The first-order valence-corrected chi connectivity index (χ1v) is 7.97. The van der Waals surface area contributed by atoms with Gasteiger partial charge in [0, 0.05) is 0 Å². The fourth-order valence-corrected chi connectivity index (χ4v) is 5.60. The maximum Gasteiger partial charge on any atom is 0.0573 e. The molecular formula is C16H26O. The topological polar surface area (TPSA) is 20.2 Å². The minimum atomic E-state index is 0.0469. The van der Waals surface area contributed by atoms with Gasteiger partial charge in [-0.1, -0.05) is 12.8 Å². The number of hydrogen-bond donors (Lipinski definition) is 1. The van der Waals surface area contributed by atoms with E-state index in [0.29, 0.717) is 5.92 Å². The van der Waals surface area contributed by atoms with Crippen LogP contribution in [0.3, 0.4) is 0 Å². The van der Waals surface area contributed by atoms with Gasteiger partial charge in [-0.15, -0.1) is 0 Å². The van der Waals surface area contributed by atoms with E-state index in [4.69, 9.17) is 0 Å². The van der Waals surface area contributed by atoms with Gasteiger partial charge >= 0.3 is 0 Å². The summed E-state index contributed by atoms with van der Waals surface area (Å²) in [6, 6.07) is 0. The number of hydrogen-bond acceptors (Lipinski definition) is 1. The normalized spacial score (nSPS) is 49.6. The molecular weight excluding hydrogens is 208 g/mol. The second kappa shape index (κ2) is 3.98. The molecule has 1 unspecified atom stereocenters. The quantitative estimate of drug-likeness (QED) is 0.788. The molecule has 96 valence electrons. The maximum atomic E-state index is 10.6. The zero-order chi connectivity index (χ0) is 11.4. The van der Waals surface area contributed by atoms with Crippen molar-refractivity contribution < 1.29 is 5.11 Å². The van der Waals surface area contributed by atoms with E-state index in [1.54, 1.807) is 0 Å². The van der Waals surface area contributed by atoms with Gasteiger partial charge < -0.3 is 5.11 Å². The summed E-state index contributed by atoms with van der Waals surface area (Å²) in [5, 5.41) is 10.6. The molecule has 0 radical (unpaired) electrons. The Balaban J connectivity index is 1.42. The molecule has 5 aliphatic rings. The van der Waals surface area contributed by atoms with Crippen molar-refractivity contribution in [2.75, 3.05) is 0 Å². The number of aliphatic hydroxyl groups excluding tert-OH is 1. The second-order valence-corrected chi connectivity index (χ2v) is 7.60. The van der Waals surface area contributed by atoms with Gasteiger partial charge in [0.2, 0.25) is 0 Å². The molecule has 5 aliphatic carbocycles. The van der Waals surface area contributed by atoms with Crippen molar-refractivity contribution in [2.45, 2.75) is 63.9 Å². The Morgan fingerprint density at radius 2 is 1.47 bits per heavy atom. The van der Waals surface area contributed by atoms with E-state index in [1.807, 2.05) is 0 Å². The van der Waals surface area contributed by atoms with Crippen LogP contribution in [0, 0.1) is 35.5 Å². The highest BCUT2D eigenvalue weighted by Crippen LogP contribution is 2.57. The summed E-state index contributed by atoms with van der Waals surface area (Å²) < 4.78 is 0. The van der Waals surface area contributed by atoms with Crippen LogP contribution in [0.25, 0.3) is 0 Å². The Hall–Kier alpha value is -0.0400. The third-order valence-corrected chi connectivity index (χ3v) is 6.31. The van der Waals surface area contributed by atoms with E-state index in [-0.39, 0.29) is 6.10 Å². The van der Waals surface area contributed by atoms with E-state index in [9.17, 15) is 5.11 Å². The van der Waals surface area contributed by atoms with E-state index in [2.05, 4.69) is 0 Å². The molecule has 17 heavy (non-hydrogen) atoms. The van der Waals surface area contributed by atoms with Crippen LogP contribution < -0.4 is 0 Å². The highest BCUT2D eigenvalue weighted by Gasteiger charge is 2.50. The highest BCUT2D eigenvalue weighted by molar-refractivity contribution is 5.00. The molecule has 1 nitrogen and oxygen atoms in total. The molecule has 5 rings (SSSR count). The van der Waals surface area contributed by atoms with Crippen LogP contribution in [0.4, 0.5) is 0 Å². The molecule has 5 fully saturated rings. The van der Waals surface area contributed by atoms with Crippen LogP contribution in [0.1, 0.15) is 57.8 Å². The van der Waals surface area contributed by atoms with Crippen molar-refractivity contribution in [1.29, 1.82) is 0 Å². The first-order chi connectivity index (χ1) is 8.29. The Kier molecular flexibility index (Phi) is 2.54. The summed E-state index contributed by atoms with van der Waals surface area (Å²) in [7, 11) is 0. The van der Waals surface area contributed by atoms with Crippen LogP contribution in [0.15, 0.2) is 0 Å². The molecule has 0 aromatic heterocycles. The minimum absolute atomic E-state index is 0.0469. The molecule has 0 aromatic carbocycles. The van der Waals surface area contributed by atoms with Crippen LogP contribution in [-0.2, 0) is 0 Å². The van der Waals surface area contributed by atoms with Crippen molar-refractivity contribution in [3.05, 3.63) is 0 Å². The standard InChI is InChI=1S/C16H26O/c17-15(4-3-10-1-2-10)16-13-6-11-5-12(8-13)9-14(16)7-11/h10-17H,1-9H2. The lowest BCUT2D eigenvalue weighted by atomic mass is 9.50. The average Bonchev–Trinajstić information content (AvgIpc) is 3.08. The Labute approximate surface area is 105 Å². The smallest absolute Gasteiger partial charge is 0.0573 e. The molecule has 0 heterocycles. The van der Waals surface area contributed by atoms with Crippen molar-refractivity contribution in [2.24, 2.45) is 35.5 Å². The lowest BCUT2D eigenvalue weighted by Gasteiger charge is -2.55. The van der Waals surface area contributed by atoms with Crippen molar-refractivity contribution in [3.63, 3.8) is 0 Å². The summed E-state index contributed by atoms with van der Waals surface area (Å²) in [5.74, 6) is 5.58. The predicted octanol–water partition coefficient (Wildman–Crippen LogP) is 3.61. The van der Waals surface area contributed by atoms with Gasteiger partial charge in [0.05, 0.1) is 6.10 Å². The van der Waals surface area contributed by atoms with E-state index in [0.717, 1.165) is 36.0 Å². The summed E-state index contributed by atoms with van der Waals surface area (Å²) in [6.07, 6.45) is 12.7. The average molecular weight is 234 g/mol. The van der Waals surface area contributed by atoms with E-state index < -0.39 is 0 Å². The fraction of sp³-hybridized carbons (Fsp3) is 1.00. The molecule has 0 saturated heterocycles. The third kappa shape index (κ3) is 1.95. The first kappa shape index (κ1) is 10.8. The van der Waals surface area contributed by atoms with Gasteiger partial charge in [-0.25, -0.2) is 0 Å². The molecule has 0 amide bonds. The summed E-state index contributed by atoms with van der Waals surface area (Å²) >= 11 is 0. The van der Waals surface area contributed by atoms with Crippen LogP contribution in [-0.4, -0.2) is 11.2 Å². The summed E-state index contributed by atoms with van der Waals surface area (Å²) in [4.78, 5) is 0. The number of rotatable bonds is 4. The van der Waals surface area contributed by atoms with Gasteiger partial charge in [0.1, 0.15) is 0 Å². The largest absolute Gasteiger partial charge is 0.393 e. The zero-order valence-corrected chi connectivity index (χ0v) is 10.9. The van der Waals surface area contributed by atoms with Gasteiger partial charge in [0.15, 0.2) is 0 Å². The Morgan fingerprint density at radius 3 is 2.00 bits per heavy atom. The SMILES string of the molecule is OC(CCC1CC1)C1C2CC3CC(C2)CC1C3. The Morgan fingerprint density at radius 1 is 0.882 bits per heavy atom. The lowest BCUT2D eigenvalue weighted by Crippen LogP contribution is -2.49. The van der Waals surface area contributed by atoms with Crippen LogP contribution >= 0.6 is 0 Å². The fourth-order valence-electron chi connectivity index (χ4n) is 5.60. The monoisotopic (exact) mass is 234 g/mol. The van der Waals surface area contributed by atoms with Crippen LogP contribution in [0.2, 0.25) is 0 Å². The zero-order valence-electron chi connectivity index (χ0n) is 10.9. The molecule has 1 heteroatoms. The molecule has 1 N–H and O–H groups in total. The molecule has 0 aliphatic heterocycles. The van der Waals surface area contributed by atoms with Crippen molar-refractivity contribution in [1.82, 2.24) is 0 Å². The third-order valence-electron chi connectivity index (χ3n) is 6.31. The van der Waals surface area contributed by atoms with Gasteiger partial charge in [0.25, 0.3) is 0 Å². The maximum absolute atomic E-state index is 10.6. The molecule has 0 aromatic rings. The Bertz CT molecular complexity index is 266. The number of aliphatic hydroxyl groups is 1. The molecule has 4 bridgehead atoms. The minimum Gasteiger partial charge on any atom is -0.393 e. The lowest BCUT2D eigenvalue weighted by molar-refractivity contribution is -0.0916. The van der Waals surface area contributed by atoms with Gasteiger partial charge in [-0.05, 0) is 80.5 Å². The van der Waals surface area contributed by atoms with Crippen LogP contribution in [0.5, 0.6) is 0 Å². The highest BCUT2D eigenvalue weighted by atomic mass is 16.3. The summed E-state index contributed by atoms with van der Waals surface area (Å²) in [6.45, 7) is 0. The second-order valence-electron chi connectivity index (χ2n) is 7.60. The first-order valence-electron chi connectivity index (χ1n) is 7.97. The van der Waals surface area contributed by atoms with Gasteiger partial charge in [-0.2, -0.15) is 0 Å². The molecule has 1 atom stereocenters. The van der Waals surface area contributed by atoms with E-state index >= 15 is 0 Å². The van der Waals surface area contributed by atoms with Crippen molar-refractivity contribution in [3.8, 4) is 0 Å². The van der Waals surface area contributed by atoms with Gasteiger partial charge in [-0.3, -0.25) is 0 Å². The van der Waals surface area contributed by atoms with Crippen molar-refractivity contribution >= 4 is 0 Å². The molecule has 0 spiro atoms. The molecule has 5 saturated carbocycles.